The molecule has 1 amide bonds. The molecule has 0 aliphatic carbocycles. The van der Waals surface area contributed by atoms with Gasteiger partial charge < -0.3 is 10.0 Å². The second-order valence-corrected chi connectivity index (χ2v) is 8.74. The van der Waals surface area contributed by atoms with Gasteiger partial charge in [0.1, 0.15) is 5.75 Å². The van der Waals surface area contributed by atoms with Crippen LogP contribution >= 0.6 is 11.3 Å². The lowest BCUT2D eigenvalue weighted by Gasteiger charge is -2.35. The van der Waals surface area contributed by atoms with Crippen LogP contribution in [-0.4, -0.2) is 73.8 Å². The third-order valence-corrected chi connectivity index (χ3v) is 6.03. The summed E-state index contributed by atoms with van der Waals surface area (Å²) in [4.78, 5) is 16.6. The zero-order valence-electron chi connectivity index (χ0n) is 12.6. The van der Waals surface area contributed by atoms with E-state index in [0.717, 1.165) is 4.88 Å². The number of thiophene rings is 1. The molecule has 1 aliphatic heterocycles. The van der Waals surface area contributed by atoms with Crippen LogP contribution in [-0.2, 0) is 20.4 Å². The Kier molecular flexibility index (Phi) is 5.96. The molecule has 22 heavy (non-hydrogen) atoms. The SMILES string of the molecule is C[C@H](O)CN1CCN(C(=O)CS(=O)(=O)Cc2cccs2)CC1. The van der Waals surface area contributed by atoms with Gasteiger partial charge in [-0.2, -0.15) is 0 Å². The molecular weight excluding hydrogens is 324 g/mol. The molecule has 0 bridgehead atoms. The molecule has 1 fully saturated rings. The van der Waals surface area contributed by atoms with Crippen molar-refractivity contribution in [2.24, 2.45) is 0 Å². The number of carbonyl (C=O) groups excluding carboxylic acids is 1. The summed E-state index contributed by atoms with van der Waals surface area (Å²) < 4.78 is 24.2. The largest absolute Gasteiger partial charge is 0.392 e. The molecule has 1 saturated heterocycles. The second kappa shape index (κ2) is 7.54. The number of hydrogen-bond donors (Lipinski definition) is 1. The van der Waals surface area contributed by atoms with Crippen molar-refractivity contribution < 1.29 is 18.3 Å². The lowest BCUT2D eigenvalue weighted by atomic mass is 10.3. The minimum Gasteiger partial charge on any atom is -0.392 e. The van der Waals surface area contributed by atoms with Crippen LogP contribution in [0, 0.1) is 0 Å². The molecule has 1 aliphatic rings. The van der Waals surface area contributed by atoms with Crippen LogP contribution in [0.15, 0.2) is 17.5 Å². The number of nitrogens with zero attached hydrogens (tertiary/aromatic N) is 2. The Balaban J connectivity index is 1.83. The third kappa shape index (κ3) is 5.35. The van der Waals surface area contributed by atoms with Gasteiger partial charge in [0.25, 0.3) is 0 Å². The van der Waals surface area contributed by atoms with Crippen LogP contribution < -0.4 is 0 Å². The Morgan fingerprint density at radius 2 is 2.05 bits per heavy atom. The molecule has 0 aromatic carbocycles. The Hall–Kier alpha value is -0.960. The minimum atomic E-state index is -3.42. The minimum absolute atomic E-state index is 0.0710. The Morgan fingerprint density at radius 1 is 1.36 bits per heavy atom. The Bertz CT molecular complexity index is 576. The lowest BCUT2D eigenvalue weighted by molar-refractivity contribution is -0.130. The number of carbonyl (C=O) groups is 1. The quantitative estimate of drug-likeness (QED) is 0.795. The molecule has 1 aromatic heterocycles. The highest BCUT2D eigenvalue weighted by molar-refractivity contribution is 7.91. The third-order valence-electron chi connectivity index (χ3n) is 3.53. The zero-order valence-corrected chi connectivity index (χ0v) is 14.3. The normalized spacial score (nSPS) is 18.4. The van der Waals surface area contributed by atoms with Crippen molar-refractivity contribution in [3.05, 3.63) is 22.4 Å². The van der Waals surface area contributed by atoms with Gasteiger partial charge in [-0.3, -0.25) is 9.69 Å². The number of amides is 1. The number of piperazine rings is 1. The van der Waals surface area contributed by atoms with Crippen LogP contribution in [0.5, 0.6) is 0 Å². The molecule has 1 aromatic rings. The van der Waals surface area contributed by atoms with Gasteiger partial charge >= 0.3 is 0 Å². The summed E-state index contributed by atoms with van der Waals surface area (Å²) in [5.41, 5.74) is 0. The molecule has 1 atom stereocenters. The van der Waals surface area contributed by atoms with Crippen LogP contribution in [0.4, 0.5) is 0 Å². The molecule has 0 radical (unpaired) electrons. The van der Waals surface area contributed by atoms with Gasteiger partial charge in [-0.1, -0.05) is 6.07 Å². The van der Waals surface area contributed by atoms with E-state index in [1.165, 1.54) is 11.3 Å². The van der Waals surface area contributed by atoms with Crippen molar-refractivity contribution in [3.8, 4) is 0 Å². The smallest absolute Gasteiger partial charge is 0.237 e. The van der Waals surface area contributed by atoms with Crippen molar-refractivity contribution in [1.82, 2.24) is 9.80 Å². The van der Waals surface area contributed by atoms with Crippen LogP contribution in [0.1, 0.15) is 11.8 Å². The van der Waals surface area contributed by atoms with Gasteiger partial charge in [-0.15, -0.1) is 11.3 Å². The predicted octanol–water partition coefficient (Wildman–Crippen LogP) is 0.188. The number of aliphatic hydroxyl groups excluding tert-OH is 1. The average molecular weight is 346 g/mol. The van der Waals surface area contributed by atoms with E-state index in [9.17, 15) is 18.3 Å². The van der Waals surface area contributed by atoms with Crippen LogP contribution in [0.25, 0.3) is 0 Å². The second-order valence-electron chi connectivity index (χ2n) is 5.64. The lowest BCUT2D eigenvalue weighted by Crippen LogP contribution is -2.51. The summed E-state index contributed by atoms with van der Waals surface area (Å²) >= 11 is 1.38. The summed E-state index contributed by atoms with van der Waals surface area (Å²) in [6.07, 6.45) is -0.395. The number of β-amino-alcohol motifs (C(OH)–C–C–N with tert-alkyl or cyclic N) is 1. The molecule has 2 rings (SSSR count). The topological polar surface area (TPSA) is 77.9 Å². The molecule has 2 heterocycles. The van der Waals surface area contributed by atoms with Crippen molar-refractivity contribution in [2.75, 3.05) is 38.5 Å². The zero-order chi connectivity index (χ0) is 16.2. The van der Waals surface area contributed by atoms with Gasteiger partial charge in [-0.05, 0) is 18.4 Å². The van der Waals surface area contributed by atoms with Gasteiger partial charge in [0, 0.05) is 37.6 Å². The average Bonchev–Trinajstić information content (AvgIpc) is 2.90. The van der Waals surface area contributed by atoms with E-state index in [4.69, 9.17) is 0 Å². The summed E-state index contributed by atoms with van der Waals surface area (Å²) in [5, 5.41) is 11.2. The highest BCUT2D eigenvalue weighted by Gasteiger charge is 2.26. The first kappa shape index (κ1) is 17.4. The van der Waals surface area contributed by atoms with Crippen LogP contribution in [0.3, 0.4) is 0 Å². The molecule has 6 nitrogen and oxygen atoms in total. The van der Waals surface area contributed by atoms with E-state index in [1.54, 1.807) is 24.0 Å². The van der Waals surface area contributed by atoms with E-state index in [2.05, 4.69) is 4.90 Å². The highest BCUT2D eigenvalue weighted by Crippen LogP contribution is 2.14. The Morgan fingerprint density at radius 3 is 2.59 bits per heavy atom. The molecular formula is C14H22N2O4S2. The van der Waals surface area contributed by atoms with Crippen molar-refractivity contribution in [1.29, 1.82) is 0 Å². The van der Waals surface area contributed by atoms with E-state index in [-0.39, 0.29) is 11.7 Å². The first-order chi connectivity index (χ1) is 10.4. The maximum Gasteiger partial charge on any atom is 0.237 e. The number of hydrogen-bond acceptors (Lipinski definition) is 6. The van der Waals surface area contributed by atoms with Gasteiger partial charge in [0.05, 0.1) is 11.9 Å². The van der Waals surface area contributed by atoms with E-state index in [0.29, 0.717) is 32.7 Å². The molecule has 0 spiro atoms. The van der Waals surface area contributed by atoms with Crippen molar-refractivity contribution >= 4 is 27.1 Å². The monoisotopic (exact) mass is 346 g/mol. The maximum absolute atomic E-state index is 12.2. The van der Waals surface area contributed by atoms with E-state index in [1.807, 2.05) is 5.38 Å². The standard InChI is InChI=1S/C14H22N2O4S2/c1-12(17)9-15-4-6-16(7-5-15)14(18)11-22(19,20)10-13-3-2-8-21-13/h2-3,8,12,17H,4-7,9-11H2,1H3/t12-/m0/s1. The molecule has 0 saturated carbocycles. The van der Waals surface area contributed by atoms with Crippen molar-refractivity contribution in [2.45, 2.75) is 18.8 Å². The summed E-state index contributed by atoms with van der Waals surface area (Å²) in [6, 6.07) is 3.57. The Labute approximate surface area is 135 Å². The number of rotatable bonds is 6. The first-order valence-electron chi connectivity index (χ1n) is 7.27. The predicted molar refractivity (Wildman–Crippen MR) is 86.5 cm³/mol. The summed E-state index contributed by atoms with van der Waals surface area (Å²) in [6.45, 7) is 4.68. The molecule has 0 unspecified atom stereocenters. The first-order valence-corrected chi connectivity index (χ1v) is 9.97. The maximum atomic E-state index is 12.2. The fourth-order valence-electron chi connectivity index (χ4n) is 2.50. The highest BCUT2D eigenvalue weighted by atomic mass is 32.2. The van der Waals surface area contributed by atoms with Gasteiger partial charge in [-0.25, -0.2) is 8.42 Å². The molecule has 1 N–H and O–H groups in total. The van der Waals surface area contributed by atoms with Crippen molar-refractivity contribution in [3.63, 3.8) is 0 Å². The number of sulfone groups is 1. The van der Waals surface area contributed by atoms with Crippen LogP contribution in [0.2, 0.25) is 0 Å². The summed E-state index contributed by atoms with van der Waals surface area (Å²) in [5.74, 6) is -0.826. The fraction of sp³-hybridized carbons (Fsp3) is 0.643. The summed E-state index contributed by atoms with van der Waals surface area (Å²) in [7, 11) is -3.42. The van der Waals surface area contributed by atoms with E-state index >= 15 is 0 Å². The van der Waals surface area contributed by atoms with Gasteiger partial charge in [0.2, 0.25) is 5.91 Å². The molecule has 8 heteroatoms. The number of aliphatic hydroxyl groups is 1. The molecule has 124 valence electrons. The van der Waals surface area contributed by atoms with E-state index < -0.39 is 21.7 Å². The van der Waals surface area contributed by atoms with Gasteiger partial charge in [0.15, 0.2) is 9.84 Å². The fourth-order valence-corrected chi connectivity index (χ4v) is 4.99.